The summed E-state index contributed by atoms with van der Waals surface area (Å²) in [7, 11) is 1.54. The maximum absolute atomic E-state index is 14.2. The minimum Gasteiger partial charge on any atom is -0.497 e. The van der Waals surface area contributed by atoms with Gasteiger partial charge in [0.05, 0.1) is 16.0 Å². The van der Waals surface area contributed by atoms with Crippen LogP contribution in [0.4, 0.5) is 4.39 Å². The molecule has 0 radical (unpaired) electrons. The first-order valence-electron chi connectivity index (χ1n) is 5.96. The van der Waals surface area contributed by atoms with Crippen molar-refractivity contribution in [1.82, 2.24) is 5.32 Å². The average molecular weight is 391 g/mol. The average Bonchev–Trinajstić information content (AvgIpc) is 2.83. The van der Waals surface area contributed by atoms with Crippen molar-refractivity contribution in [1.29, 1.82) is 0 Å². The van der Waals surface area contributed by atoms with Gasteiger partial charge in [-0.05, 0) is 52.2 Å². The summed E-state index contributed by atoms with van der Waals surface area (Å²) in [6.45, 7) is 2.80. The Kier molecular flexibility index (Phi) is 5.18. The van der Waals surface area contributed by atoms with Crippen LogP contribution in [0.5, 0.6) is 5.75 Å². The van der Waals surface area contributed by atoms with Gasteiger partial charge in [0.2, 0.25) is 0 Å². The highest BCUT2D eigenvalue weighted by molar-refractivity contribution is 14.1. The van der Waals surface area contributed by atoms with Gasteiger partial charge in [0.1, 0.15) is 11.6 Å². The lowest BCUT2D eigenvalue weighted by Crippen LogP contribution is -2.22. The van der Waals surface area contributed by atoms with Crippen LogP contribution in [0.15, 0.2) is 29.6 Å². The maximum Gasteiger partial charge on any atom is 0.132 e. The zero-order chi connectivity index (χ0) is 13.8. The largest absolute Gasteiger partial charge is 0.497 e. The zero-order valence-electron chi connectivity index (χ0n) is 10.7. The van der Waals surface area contributed by atoms with E-state index >= 15 is 0 Å². The fourth-order valence-corrected chi connectivity index (χ4v) is 3.35. The summed E-state index contributed by atoms with van der Waals surface area (Å²) in [5.74, 6) is 0.294. The van der Waals surface area contributed by atoms with Crippen LogP contribution in [-0.4, -0.2) is 13.7 Å². The van der Waals surface area contributed by atoms with Gasteiger partial charge in [0.15, 0.2) is 0 Å². The monoisotopic (exact) mass is 391 g/mol. The van der Waals surface area contributed by atoms with Crippen molar-refractivity contribution in [2.45, 2.75) is 13.0 Å². The molecule has 1 aromatic heterocycles. The normalized spacial score (nSPS) is 12.4. The van der Waals surface area contributed by atoms with E-state index in [2.05, 4.69) is 39.4 Å². The molecule has 1 unspecified atom stereocenters. The SMILES string of the molecule is CCNC(c1csc(I)c1)c1ccc(OC)cc1F. The molecule has 0 saturated carbocycles. The molecule has 19 heavy (non-hydrogen) atoms. The van der Waals surface area contributed by atoms with Crippen molar-refractivity contribution in [2.75, 3.05) is 13.7 Å². The first-order valence-corrected chi connectivity index (χ1v) is 7.92. The lowest BCUT2D eigenvalue weighted by molar-refractivity contribution is 0.410. The Morgan fingerprint density at radius 3 is 2.74 bits per heavy atom. The summed E-state index contributed by atoms with van der Waals surface area (Å²) < 4.78 is 20.4. The molecule has 0 spiro atoms. The van der Waals surface area contributed by atoms with Gasteiger partial charge in [0, 0.05) is 11.6 Å². The fraction of sp³-hybridized carbons (Fsp3) is 0.286. The number of methoxy groups -OCH3 is 1. The van der Waals surface area contributed by atoms with E-state index in [9.17, 15) is 4.39 Å². The van der Waals surface area contributed by atoms with Crippen LogP contribution in [0.2, 0.25) is 0 Å². The van der Waals surface area contributed by atoms with E-state index in [1.165, 1.54) is 16.1 Å². The number of nitrogens with one attached hydrogen (secondary N) is 1. The van der Waals surface area contributed by atoms with Crippen LogP contribution in [-0.2, 0) is 0 Å². The van der Waals surface area contributed by atoms with Gasteiger partial charge in [0.25, 0.3) is 0 Å². The van der Waals surface area contributed by atoms with E-state index in [1.807, 2.05) is 6.92 Å². The van der Waals surface area contributed by atoms with Gasteiger partial charge in [-0.2, -0.15) is 0 Å². The fourth-order valence-electron chi connectivity index (χ4n) is 1.96. The number of hydrogen-bond acceptors (Lipinski definition) is 3. The molecule has 0 aliphatic rings. The molecule has 1 atom stereocenters. The second-order valence-corrected chi connectivity index (χ2v) is 6.87. The van der Waals surface area contributed by atoms with E-state index in [0.717, 1.165) is 12.1 Å². The lowest BCUT2D eigenvalue weighted by Gasteiger charge is -2.18. The molecule has 5 heteroatoms. The van der Waals surface area contributed by atoms with Crippen LogP contribution < -0.4 is 10.1 Å². The molecular weight excluding hydrogens is 376 g/mol. The first kappa shape index (κ1) is 14.7. The van der Waals surface area contributed by atoms with Gasteiger partial charge in [-0.3, -0.25) is 0 Å². The predicted molar refractivity (Wildman–Crippen MR) is 85.5 cm³/mol. The highest BCUT2D eigenvalue weighted by atomic mass is 127. The minimum atomic E-state index is -0.244. The van der Waals surface area contributed by atoms with E-state index in [4.69, 9.17) is 4.74 Å². The molecule has 102 valence electrons. The molecule has 0 aliphatic heterocycles. The Balaban J connectivity index is 2.39. The van der Waals surface area contributed by atoms with E-state index in [0.29, 0.717) is 11.3 Å². The number of hydrogen-bond donors (Lipinski definition) is 1. The van der Waals surface area contributed by atoms with Crippen LogP contribution in [0, 0.1) is 8.70 Å². The number of thiophene rings is 1. The van der Waals surface area contributed by atoms with Crippen LogP contribution >= 0.6 is 33.9 Å². The van der Waals surface area contributed by atoms with Crippen molar-refractivity contribution >= 4 is 33.9 Å². The predicted octanol–water partition coefficient (Wildman–Crippen LogP) is 4.20. The smallest absolute Gasteiger partial charge is 0.132 e. The molecule has 0 amide bonds. The molecule has 1 N–H and O–H groups in total. The molecular formula is C14H15FINOS. The van der Waals surface area contributed by atoms with Crippen molar-refractivity contribution < 1.29 is 9.13 Å². The number of ether oxygens (including phenoxy) is 1. The second kappa shape index (κ2) is 6.67. The van der Waals surface area contributed by atoms with E-state index < -0.39 is 0 Å². The van der Waals surface area contributed by atoms with Crippen LogP contribution in [0.1, 0.15) is 24.1 Å². The zero-order valence-corrected chi connectivity index (χ0v) is 13.7. The molecule has 1 heterocycles. The molecule has 0 saturated heterocycles. The maximum atomic E-state index is 14.2. The lowest BCUT2D eigenvalue weighted by atomic mass is 10.0. The Hall–Kier alpha value is -0.660. The van der Waals surface area contributed by atoms with Gasteiger partial charge in [-0.25, -0.2) is 4.39 Å². The summed E-state index contributed by atoms with van der Waals surface area (Å²) in [6.07, 6.45) is 0. The van der Waals surface area contributed by atoms with E-state index in [1.54, 1.807) is 23.5 Å². The Bertz CT molecular complexity index is 558. The molecule has 2 rings (SSSR count). The number of halogens is 2. The third-order valence-electron chi connectivity index (χ3n) is 2.85. The number of rotatable bonds is 5. The Morgan fingerprint density at radius 1 is 1.42 bits per heavy atom. The highest BCUT2D eigenvalue weighted by Gasteiger charge is 2.18. The third kappa shape index (κ3) is 3.46. The first-order chi connectivity index (χ1) is 9.15. The third-order valence-corrected chi connectivity index (χ3v) is 4.66. The summed E-state index contributed by atoms with van der Waals surface area (Å²) in [5, 5.41) is 5.40. The van der Waals surface area contributed by atoms with Crippen LogP contribution in [0.25, 0.3) is 0 Å². The summed E-state index contributed by atoms with van der Waals surface area (Å²) in [5.41, 5.74) is 1.75. The van der Waals surface area contributed by atoms with Crippen LogP contribution in [0.3, 0.4) is 0 Å². The summed E-state index contributed by atoms with van der Waals surface area (Å²) in [4.78, 5) is 0. The van der Waals surface area contributed by atoms with Gasteiger partial charge in [-0.15, -0.1) is 11.3 Å². The van der Waals surface area contributed by atoms with Gasteiger partial charge in [-0.1, -0.05) is 13.0 Å². The Morgan fingerprint density at radius 2 is 2.21 bits per heavy atom. The van der Waals surface area contributed by atoms with E-state index in [-0.39, 0.29) is 11.9 Å². The molecule has 0 bridgehead atoms. The van der Waals surface area contributed by atoms with Gasteiger partial charge >= 0.3 is 0 Å². The minimum absolute atomic E-state index is 0.115. The molecule has 2 nitrogen and oxygen atoms in total. The highest BCUT2D eigenvalue weighted by Crippen LogP contribution is 2.30. The topological polar surface area (TPSA) is 21.3 Å². The quantitative estimate of drug-likeness (QED) is 0.772. The van der Waals surface area contributed by atoms with Gasteiger partial charge < -0.3 is 10.1 Å². The molecule has 0 aliphatic carbocycles. The Labute approximate surface area is 130 Å². The second-order valence-electron chi connectivity index (χ2n) is 4.06. The molecule has 1 aromatic carbocycles. The summed E-state index contributed by atoms with van der Waals surface area (Å²) >= 11 is 3.95. The number of benzene rings is 1. The summed E-state index contributed by atoms with van der Waals surface area (Å²) in [6, 6.07) is 6.97. The van der Waals surface area contributed by atoms with Crippen molar-refractivity contribution in [2.24, 2.45) is 0 Å². The van der Waals surface area contributed by atoms with Crippen molar-refractivity contribution in [3.8, 4) is 5.75 Å². The van der Waals surface area contributed by atoms with Crippen molar-refractivity contribution in [3.63, 3.8) is 0 Å². The standard InChI is InChI=1S/C14H15FINOS/c1-3-17-14(9-6-13(16)19-8-9)11-5-4-10(18-2)7-12(11)15/h4-8,14,17H,3H2,1-2H3. The van der Waals surface area contributed by atoms with Crippen molar-refractivity contribution in [3.05, 3.63) is 49.5 Å². The molecule has 2 aromatic rings. The molecule has 0 fully saturated rings.